The van der Waals surface area contributed by atoms with Gasteiger partial charge in [-0.25, -0.2) is 10.0 Å². The zero-order valence-electron chi connectivity index (χ0n) is 3.11. The van der Waals surface area contributed by atoms with Gasteiger partial charge in [0.15, 0.2) is 0 Å². The maximum atomic E-state index is 5.47. The lowest BCUT2D eigenvalue weighted by Crippen LogP contribution is -1.83. The van der Waals surface area contributed by atoms with Crippen molar-refractivity contribution in [3.8, 4) is 0 Å². The van der Waals surface area contributed by atoms with Crippen molar-refractivity contribution in [3.05, 3.63) is 0 Å². The Morgan fingerprint density at radius 1 is 2.00 bits per heavy atom. The Morgan fingerprint density at radius 2 is 2.20 bits per heavy atom. The van der Waals surface area contributed by atoms with E-state index in [4.69, 9.17) is 10.0 Å². The Bertz CT molecular complexity index is 23.6. The van der Waals surface area contributed by atoms with Crippen LogP contribution in [-0.2, 0) is 0 Å². The highest BCUT2D eigenvalue weighted by Crippen LogP contribution is 1.98. The van der Waals surface area contributed by atoms with Gasteiger partial charge in [0.05, 0.1) is 0 Å². The molecule has 0 aromatic carbocycles. The predicted molar refractivity (Wildman–Crippen MR) is 31.1 cm³/mol. The molecule has 0 spiro atoms. The number of rotatable bonds is 1. The molecule has 0 atom stereocenters. The third kappa shape index (κ3) is 5.17. The molecule has 0 aromatic rings. The molecule has 0 aliphatic rings. The molecular formula is C2H6AlClS. The molecule has 5 heavy (non-hydrogen) atoms. The lowest BCUT2D eigenvalue weighted by molar-refractivity contribution is 1.47. The van der Waals surface area contributed by atoms with E-state index in [1.807, 2.05) is 0 Å². The van der Waals surface area contributed by atoms with E-state index in [9.17, 15) is 0 Å². The van der Waals surface area contributed by atoms with Gasteiger partial charge in [0.1, 0.15) is 0 Å². The third-order valence-electron chi connectivity index (χ3n) is 0.337. The summed E-state index contributed by atoms with van der Waals surface area (Å²) in [6.45, 7) is 2.05. The van der Waals surface area contributed by atoms with Gasteiger partial charge in [-0.1, -0.05) is 12.2 Å². The Labute approximate surface area is 45.6 Å². The van der Waals surface area contributed by atoms with Crippen molar-refractivity contribution in [1.29, 1.82) is 0 Å². The van der Waals surface area contributed by atoms with Gasteiger partial charge in [0.2, 0.25) is 0 Å². The normalized spacial score (nSPS) is 7.80. The van der Waals surface area contributed by atoms with E-state index >= 15 is 0 Å². The Kier molecular flexibility index (Phi) is 4.16. The molecule has 0 aliphatic heterocycles. The summed E-state index contributed by atoms with van der Waals surface area (Å²) in [6, 6.07) is 0. The Hall–Kier alpha value is 1.17. The van der Waals surface area contributed by atoms with Gasteiger partial charge in [-0.15, -0.1) is 0 Å². The topological polar surface area (TPSA) is 0 Å². The molecule has 0 amide bonds. The Morgan fingerprint density at radius 3 is 2.20 bits per heavy atom. The first-order chi connectivity index (χ1) is 2.27. The maximum absolute atomic E-state index is 5.47. The summed E-state index contributed by atoms with van der Waals surface area (Å²) in [6.07, 6.45) is 0. The summed E-state index contributed by atoms with van der Waals surface area (Å²) in [7, 11) is 9.47. The molecule has 0 nitrogen and oxygen atoms in total. The molecule has 0 bridgehead atoms. The van der Waals surface area contributed by atoms with Gasteiger partial charge >= 0.3 is 12.1 Å². The second-order valence-corrected chi connectivity index (χ2v) is 6.89. The summed E-state index contributed by atoms with van der Waals surface area (Å²) in [5.74, 6) is 0. The van der Waals surface area contributed by atoms with Crippen molar-refractivity contribution in [1.82, 2.24) is 0 Å². The van der Waals surface area contributed by atoms with Crippen molar-refractivity contribution in [2.45, 2.75) is 12.2 Å². The van der Waals surface area contributed by atoms with Crippen molar-refractivity contribution in [3.63, 3.8) is 0 Å². The van der Waals surface area contributed by atoms with Crippen LogP contribution < -0.4 is 0 Å². The number of thiol groups is 1. The first kappa shape index (κ1) is 6.17. The molecule has 0 radical (unpaired) electrons. The van der Waals surface area contributed by atoms with Gasteiger partial charge in [-0.05, 0) is 0 Å². The molecular weight excluding hydrogens is 119 g/mol. The van der Waals surface area contributed by atoms with Gasteiger partial charge in [0.25, 0.3) is 0 Å². The minimum atomic E-state index is -0.983. The quantitative estimate of drug-likeness (QED) is 0.399. The first-order valence-corrected chi connectivity index (χ1v) is 6.22. The van der Waals surface area contributed by atoms with Crippen LogP contribution in [0.1, 0.15) is 6.92 Å². The van der Waals surface area contributed by atoms with Crippen LogP contribution >= 0.6 is 21.0 Å². The van der Waals surface area contributed by atoms with Gasteiger partial charge in [-0.2, -0.15) is 0 Å². The van der Waals surface area contributed by atoms with E-state index < -0.39 is 12.1 Å². The molecule has 0 unspecified atom stereocenters. The van der Waals surface area contributed by atoms with Gasteiger partial charge in [0, 0.05) is 0 Å². The van der Waals surface area contributed by atoms with Crippen LogP contribution in [0.3, 0.4) is 0 Å². The van der Waals surface area contributed by atoms with Crippen LogP contribution in [0.15, 0.2) is 0 Å². The monoisotopic (exact) mass is 124 g/mol. The molecule has 3 heteroatoms. The molecule has 0 aromatic heterocycles. The van der Waals surface area contributed by atoms with E-state index in [0.29, 0.717) is 0 Å². The molecule has 0 rings (SSSR count). The fraction of sp³-hybridized carbons (Fsp3) is 1.00. The highest BCUT2D eigenvalue weighted by molar-refractivity contribution is 8.15. The summed E-state index contributed by atoms with van der Waals surface area (Å²) in [5.41, 5.74) is 0. The number of hydrogen-bond donors (Lipinski definition) is 1. The standard InChI is InChI=1S/C2H5.Al.ClH.H2S/c1-2;;;/h1H2,2H3;;1H;1H2/q;+2;;/p-2. The van der Waals surface area contributed by atoms with Crippen molar-refractivity contribution in [2.24, 2.45) is 0 Å². The number of halogens is 1. The summed E-state index contributed by atoms with van der Waals surface area (Å²) in [4.78, 5) is 0. The second kappa shape index (κ2) is 3.37. The van der Waals surface area contributed by atoms with E-state index in [0.717, 1.165) is 5.28 Å². The molecule has 0 saturated heterocycles. The van der Waals surface area contributed by atoms with Crippen LogP contribution in [0.25, 0.3) is 0 Å². The molecule has 0 saturated carbocycles. The third-order valence-corrected chi connectivity index (χ3v) is 3.03. The first-order valence-electron chi connectivity index (χ1n) is 1.59. The zero-order chi connectivity index (χ0) is 4.28. The fourth-order valence-corrected chi connectivity index (χ4v) is 0. The van der Waals surface area contributed by atoms with Crippen molar-refractivity contribution < 1.29 is 0 Å². The fourth-order valence-electron chi connectivity index (χ4n) is 0. The van der Waals surface area contributed by atoms with Crippen LogP contribution in [0.4, 0.5) is 0 Å². The van der Waals surface area contributed by atoms with E-state index in [1.54, 1.807) is 0 Å². The van der Waals surface area contributed by atoms with E-state index in [1.165, 1.54) is 0 Å². The van der Waals surface area contributed by atoms with Gasteiger partial charge < -0.3 is 0 Å². The van der Waals surface area contributed by atoms with E-state index in [2.05, 4.69) is 17.9 Å². The SMILES string of the molecule is C[CH2][Al]([SH])[Cl]. The van der Waals surface area contributed by atoms with Gasteiger partial charge in [-0.3, -0.25) is 11.0 Å². The molecule has 0 fully saturated rings. The minimum absolute atomic E-state index is 0.983. The van der Waals surface area contributed by atoms with Crippen LogP contribution in [0.2, 0.25) is 5.28 Å². The lowest BCUT2D eigenvalue weighted by atomic mass is 11.0. The molecule has 30 valence electrons. The van der Waals surface area contributed by atoms with Crippen molar-refractivity contribution >= 4 is 33.1 Å². The minimum Gasteiger partial charge on any atom is -0.254 e. The lowest BCUT2D eigenvalue weighted by Gasteiger charge is -1.76. The molecule has 0 N–H and O–H groups in total. The molecule has 0 aliphatic carbocycles. The Balaban J connectivity index is 2.54. The average Bonchev–Trinajstić information content (AvgIpc) is 1.38. The zero-order valence-corrected chi connectivity index (χ0v) is 5.91. The summed E-state index contributed by atoms with van der Waals surface area (Å²) < 4.78 is 0. The smallest absolute Gasteiger partial charge is 0.254 e. The molecule has 0 heterocycles. The average molecular weight is 125 g/mol. The largest absolute Gasteiger partial charge is 0.474 e. The van der Waals surface area contributed by atoms with E-state index in [-0.39, 0.29) is 0 Å². The van der Waals surface area contributed by atoms with Crippen LogP contribution in [0, 0.1) is 0 Å². The second-order valence-electron chi connectivity index (χ2n) is 0.843. The highest BCUT2D eigenvalue weighted by Gasteiger charge is 2.00. The summed E-state index contributed by atoms with van der Waals surface area (Å²) in [5, 5.41) is 1.07. The van der Waals surface area contributed by atoms with Crippen LogP contribution in [-0.4, -0.2) is 12.1 Å². The highest BCUT2D eigenvalue weighted by atomic mass is 35.6. The summed E-state index contributed by atoms with van der Waals surface area (Å²) >= 11 is -0.983. The van der Waals surface area contributed by atoms with Crippen molar-refractivity contribution in [2.75, 3.05) is 0 Å². The number of hydrogen-bond acceptors (Lipinski definition) is 1. The maximum Gasteiger partial charge on any atom is 0.474 e. The predicted octanol–water partition coefficient (Wildman–Crippen LogP) is 1.66. The van der Waals surface area contributed by atoms with Crippen LogP contribution in [0.5, 0.6) is 0 Å².